The van der Waals surface area contributed by atoms with Gasteiger partial charge in [0.1, 0.15) is 0 Å². The van der Waals surface area contributed by atoms with Gasteiger partial charge in [0.2, 0.25) is 0 Å². The van der Waals surface area contributed by atoms with Crippen molar-refractivity contribution in [3.8, 4) is 0 Å². The largest absolute Gasteiger partial charge is 0.325 e. The lowest BCUT2D eigenvalue weighted by Crippen LogP contribution is -2.25. The molecule has 1 aromatic rings. The van der Waals surface area contributed by atoms with Crippen molar-refractivity contribution >= 4 is 24.0 Å². The summed E-state index contributed by atoms with van der Waals surface area (Å²) in [6, 6.07) is 5.79. The molecule has 0 aliphatic heterocycles. The summed E-state index contributed by atoms with van der Waals surface area (Å²) < 4.78 is 25.9. The Morgan fingerprint density at radius 1 is 1.31 bits per heavy atom. The van der Waals surface area contributed by atoms with Gasteiger partial charge in [0.15, 0.2) is 0 Å². The van der Waals surface area contributed by atoms with Gasteiger partial charge in [-0.05, 0) is 6.07 Å². The van der Waals surface area contributed by atoms with Crippen LogP contribution in [0.2, 0.25) is 5.02 Å². The summed E-state index contributed by atoms with van der Waals surface area (Å²) in [7, 11) is 0. The highest BCUT2D eigenvalue weighted by atomic mass is 35.5. The summed E-state index contributed by atoms with van der Waals surface area (Å²) in [4.78, 5) is 0. The van der Waals surface area contributed by atoms with Gasteiger partial charge in [-0.2, -0.15) is 8.78 Å². The molecule has 0 spiro atoms. The normalized spacial score (nSPS) is 10.8. The minimum Gasteiger partial charge on any atom is -0.325 e. The molecule has 1 rings (SSSR count). The molecule has 0 aliphatic carbocycles. The minimum atomic E-state index is -3.03. The molecule has 0 aliphatic rings. The number of benzene rings is 1. The first kappa shape index (κ1) is 12.6. The molecule has 0 heterocycles. The molecule has 2 N–H and O–H groups in total. The van der Waals surface area contributed by atoms with Crippen LogP contribution in [0.25, 0.3) is 0 Å². The lowest BCUT2D eigenvalue weighted by Gasteiger charge is -2.14. The number of halogens is 4. The van der Waals surface area contributed by atoms with Crippen LogP contribution in [0.3, 0.4) is 0 Å². The lowest BCUT2D eigenvalue weighted by atomic mass is 10.1. The summed E-state index contributed by atoms with van der Waals surface area (Å²) in [5.74, 6) is -3.03. The first-order chi connectivity index (χ1) is 5.58. The Kier molecular flexibility index (Phi) is 4.61. The van der Waals surface area contributed by atoms with Crippen molar-refractivity contribution in [3.05, 3.63) is 34.9 Å². The Morgan fingerprint density at radius 2 is 1.85 bits per heavy atom. The molecule has 0 fully saturated rings. The van der Waals surface area contributed by atoms with Crippen LogP contribution in [0.15, 0.2) is 24.3 Å². The van der Waals surface area contributed by atoms with E-state index in [0.29, 0.717) is 0 Å². The average Bonchev–Trinajstić information content (AvgIpc) is 2.05. The summed E-state index contributed by atoms with van der Waals surface area (Å²) in [6.45, 7) is -0.725. The Bertz CT molecular complexity index is 279. The maximum Gasteiger partial charge on any atom is 0.286 e. The smallest absolute Gasteiger partial charge is 0.286 e. The maximum atomic E-state index is 12.9. The highest BCUT2D eigenvalue weighted by Gasteiger charge is 2.31. The Balaban J connectivity index is 0.00000144. The molecule has 13 heavy (non-hydrogen) atoms. The zero-order valence-corrected chi connectivity index (χ0v) is 8.21. The van der Waals surface area contributed by atoms with E-state index in [0.717, 1.165) is 0 Å². The molecule has 1 aromatic carbocycles. The molecular weight excluding hydrogens is 219 g/mol. The first-order valence-corrected chi connectivity index (χ1v) is 3.78. The van der Waals surface area contributed by atoms with Crippen LogP contribution in [0.1, 0.15) is 5.56 Å². The Morgan fingerprint density at radius 3 is 2.31 bits per heavy atom. The van der Waals surface area contributed by atoms with E-state index in [4.69, 9.17) is 17.3 Å². The van der Waals surface area contributed by atoms with Crippen LogP contribution in [0.5, 0.6) is 0 Å². The lowest BCUT2D eigenvalue weighted by molar-refractivity contribution is 0.00607. The van der Waals surface area contributed by atoms with Crippen LogP contribution < -0.4 is 5.73 Å². The maximum absolute atomic E-state index is 12.9. The predicted octanol–water partition coefficient (Wildman–Crippen LogP) is 2.81. The van der Waals surface area contributed by atoms with Crippen molar-refractivity contribution in [1.82, 2.24) is 0 Å². The molecular formula is C8H9Cl2F2N. The van der Waals surface area contributed by atoms with E-state index in [9.17, 15) is 8.78 Å². The summed E-state index contributed by atoms with van der Waals surface area (Å²) >= 11 is 5.55. The molecule has 0 atom stereocenters. The SMILES string of the molecule is Cl.NCC(F)(F)c1ccccc1Cl. The standard InChI is InChI=1S/C8H8ClF2N.ClH/c9-7-4-2-1-3-6(7)8(10,11)5-12;/h1-4H,5,12H2;1H. The third-order valence-corrected chi connectivity index (χ3v) is 1.85. The van der Waals surface area contributed by atoms with Crippen LogP contribution in [-0.2, 0) is 5.92 Å². The second kappa shape index (κ2) is 4.74. The minimum absolute atomic E-state index is 0. The number of nitrogens with two attached hydrogens (primary N) is 1. The molecule has 74 valence electrons. The van der Waals surface area contributed by atoms with Gasteiger partial charge in [0.05, 0.1) is 6.54 Å². The molecule has 0 amide bonds. The highest BCUT2D eigenvalue weighted by molar-refractivity contribution is 6.31. The molecule has 0 saturated carbocycles. The molecule has 0 unspecified atom stereocenters. The molecule has 1 nitrogen and oxygen atoms in total. The second-order valence-electron chi connectivity index (χ2n) is 2.39. The Labute approximate surface area is 86.3 Å². The van der Waals surface area contributed by atoms with Gasteiger partial charge in [0.25, 0.3) is 5.92 Å². The van der Waals surface area contributed by atoms with E-state index < -0.39 is 12.5 Å². The van der Waals surface area contributed by atoms with E-state index in [1.165, 1.54) is 18.2 Å². The van der Waals surface area contributed by atoms with Crippen molar-refractivity contribution in [2.24, 2.45) is 5.73 Å². The van der Waals surface area contributed by atoms with Gasteiger partial charge in [-0.1, -0.05) is 29.8 Å². The third-order valence-electron chi connectivity index (χ3n) is 1.52. The van der Waals surface area contributed by atoms with Crippen molar-refractivity contribution in [2.75, 3.05) is 6.54 Å². The number of rotatable bonds is 2. The topological polar surface area (TPSA) is 26.0 Å². The van der Waals surface area contributed by atoms with E-state index >= 15 is 0 Å². The summed E-state index contributed by atoms with van der Waals surface area (Å²) in [5.41, 5.74) is 4.68. The zero-order chi connectivity index (χ0) is 9.19. The van der Waals surface area contributed by atoms with Gasteiger partial charge >= 0.3 is 0 Å². The zero-order valence-electron chi connectivity index (χ0n) is 6.64. The average molecular weight is 228 g/mol. The van der Waals surface area contributed by atoms with E-state index in [1.807, 2.05) is 0 Å². The molecule has 0 bridgehead atoms. The summed E-state index contributed by atoms with van der Waals surface area (Å²) in [5, 5.41) is 0.0490. The van der Waals surface area contributed by atoms with Gasteiger partial charge in [-0.25, -0.2) is 0 Å². The fraction of sp³-hybridized carbons (Fsp3) is 0.250. The van der Waals surface area contributed by atoms with Crippen LogP contribution in [0.4, 0.5) is 8.78 Å². The summed E-state index contributed by atoms with van der Waals surface area (Å²) in [6.07, 6.45) is 0. The predicted molar refractivity (Wildman–Crippen MR) is 51.6 cm³/mol. The van der Waals surface area contributed by atoms with Crippen LogP contribution in [0, 0.1) is 0 Å². The Hall–Kier alpha value is -0.380. The third kappa shape index (κ3) is 2.79. The van der Waals surface area contributed by atoms with E-state index in [1.54, 1.807) is 6.07 Å². The van der Waals surface area contributed by atoms with E-state index in [2.05, 4.69) is 0 Å². The van der Waals surface area contributed by atoms with Crippen LogP contribution >= 0.6 is 24.0 Å². The number of alkyl halides is 2. The van der Waals surface area contributed by atoms with Crippen molar-refractivity contribution in [2.45, 2.75) is 5.92 Å². The number of hydrogen-bond donors (Lipinski definition) is 1. The molecule has 0 aromatic heterocycles. The van der Waals surface area contributed by atoms with Gasteiger partial charge in [-0.3, -0.25) is 0 Å². The molecule has 0 radical (unpaired) electrons. The fourth-order valence-electron chi connectivity index (χ4n) is 0.868. The van der Waals surface area contributed by atoms with E-state index in [-0.39, 0.29) is 23.0 Å². The molecule has 0 saturated heterocycles. The highest BCUT2D eigenvalue weighted by Crippen LogP contribution is 2.31. The first-order valence-electron chi connectivity index (χ1n) is 3.41. The van der Waals surface area contributed by atoms with Crippen LogP contribution in [-0.4, -0.2) is 6.54 Å². The van der Waals surface area contributed by atoms with Crippen molar-refractivity contribution < 1.29 is 8.78 Å². The fourth-order valence-corrected chi connectivity index (χ4v) is 1.14. The van der Waals surface area contributed by atoms with Gasteiger partial charge in [0, 0.05) is 10.6 Å². The quantitative estimate of drug-likeness (QED) is 0.827. The molecule has 5 heteroatoms. The van der Waals surface area contributed by atoms with Crippen molar-refractivity contribution in [3.63, 3.8) is 0 Å². The second-order valence-corrected chi connectivity index (χ2v) is 2.80. The number of hydrogen-bond acceptors (Lipinski definition) is 1. The van der Waals surface area contributed by atoms with Gasteiger partial charge in [-0.15, -0.1) is 12.4 Å². The van der Waals surface area contributed by atoms with Gasteiger partial charge < -0.3 is 5.73 Å². The monoisotopic (exact) mass is 227 g/mol. The van der Waals surface area contributed by atoms with Crippen molar-refractivity contribution in [1.29, 1.82) is 0 Å².